The van der Waals surface area contributed by atoms with Gasteiger partial charge in [-0.2, -0.15) is 0 Å². The van der Waals surface area contributed by atoms with E-state index in [-0.39, 0.29) is 0 Å². The molecular formula is C9H20N4. The fraction of sp³-hybridized carbons (Fsp3) is 0.889. The Hall–Kier alpha value is -0.930. The lowest BCUT2D eigenvalue weighted by molar-refractivity contribution is 0.253. The summed E-state index contributed by atoms with van der Waals surface area (Å²) in [5, 5.41) is 3.50. The molecule has 1 heterocycles. The summed E-state index contributed by atoms with van der Waals surface area (Å²) in [5.41, 5.74) is 5.62. The molecule has 1 aliphatic heterocycles. The van der Waals surface area contributed by atoms with E-state index in [9.17, 15) is 0 Å². The van der Waals surface area contributed by atoms with Gasteiger partial charge >= 0.3 is 0 Å². The van der Waals surface area contributed by atoms with E-state index < -0.39 is 0 Å². The summed E-state index contributed by atoms with van der Waals surface area (Å²) in [4.78, 5) is 2.06. The van der Waals surface area contributed by atoms with Crippen LogP contribution in [0, 0.1) is 5.92 Å². The minimum Gasteiger partial charge on any atom is -0.368 e. The fourth-order valence-electron chi connectivity index (χ4n) is 1.94. The van der Waals surface area contributed by atoms with Crippen molar-refractivity contribution in [3.05, 3.63) is 0 Å². The van der Waals surface area contributed by atoms with Crippen LogP contribution in [0.15, 0.2) is 5.10 Å². The van der Waals surface area contributed by atoms with Crippen LogP contribution < -0.4 is 11.6 Å². The highest BCUT2D eigenvalue weighted by Crippen LogP contribution is 2.21. The highest BCUT2D eigenvalue weighted by Gasteiger charge is 2.19. The van der Waals surface area contributed by atoms with Crippen molar-refractivity contribution in [3.63, 3.8) is 0 Å². The number of piperidine rings is 1. The van der Waals surface area contributed by atoms with Crippen LogP contribution in [0.25, 0.3) is 0 Å². The summed E-state index contributed by atoms with van der Waals surface area (Å²) in [6.45, 7) is 4.26. The number of hydrazone groups is 1. The number of hydrogen-bond acceptors (Lipinski definition) is 2. The zero-order valence-electron chi connectivity index (χ0n) is 8.37. The van der Waals surface area contributed by atoms with Crippen molar-refractivity contribution < 1.29 is 0 Å². The van der Waals surface area contributed by atoms with Gasteiger partial charge in [0.15, 0.2) is 0 Å². The van der Waals surface area contributed by atoms with Gasteiger partial charge in [-0.25, -0.2) is 0 Å². The van der Waals surface area contributed by atoms with Gasteiger partial charge in [-0.3, -0.25) is 0 Å². The highest BCUT2D eigenvalue weighted by atomic mass is 15.3. The molecule has 0 saturated carbocycles. The minimum absolute atomic E-state index is 0.481. The predicted octanol–water partition coefficient (Wildman–Crippen LogP) is 0.687. The smallest absolute Gasteiger partial charge is 0.213 e. The molecule has 0 aliphatic carbocycles. The molecule has 0 amide bonds. The second kappa shape index (κ2) is 4.94. The summed E-state index contributed by atoms with van der Waals surface area (Å²) in [7, 11) is 0. The molecule has 0 aromatic heterocycles. The Morgan fingerprint density at radius 1 is 1.46 bits per heavy atom. The number of rotatable bonds is 2. The van der Waals surface area contributed by atoms with Gasteiger partial charge in [0.2, 0.25) is 5.96 Å². The van der Waals surface area contributed by atoms with Crippen LogP contribution in [0.2, 0.25) is 0 Å². The summed E-state index contributed by atoms with van der Waals surface area (Å²) < 4.78 is 0. The Kier molecular flexibility index (Phi) is 3.86. The Morgan fingerprint density at radius 2 is 2.08 bits per heavy atom. The molecule has 0 atom stereocenters. The highest BCUT2D eigenvalue weighted by molar-refractivity contribution is 5.77. The first kappa shape index (κ1) is 10.2. The van der Waals surface area contributed by atoms with E-state index in [2.05, 4.69) is 16.9 Å². The quantitative estimate of drug-likeness (QED) is 0.287. The molecule has 4 heteroatoms. The van der Waals surface area contributed by atoms with Gasteiger partial charge < -0.3 is 16.5 Å². The maximum Gasteiger partial charge on any atom is 0.213 e. The van der Waals surface area contributed by atoms with Gasteiger partial charge in [0.1, 0.15) is 0 Å². The van der Waals surface area contributed by atoms with Gasteiger partial charge in [-0.15, -0.1) is 5.10 Å². The number of nitrogens with zero attached hydrogens (tertiary/aromatic N) is 2. The van der Waals surface area contributed by atoms with Crippen LogP contribution in [0.3, 0.4) is 0 Å². The predicted molar refractivity (Wildman–Crippen MR) is 55.0 cm³/mol. The van der Waals surface area contributed by atoms with Gasteiger partial charge in [-0.1, -0.05) is 19.8 Å². The number of guanidine groups is 1. The van der Waals surface area contributed by atoms with E-state index in [1.165, 1.54) is 25.7 Å². The normalized spacial score (nSPS) is 20.7. The second-order valence-electron chi connectivity index (χ2n) is 3.71. The molecule has 0 spiro atoms. The standard InChI is InChI=1S/C9H20N4/c1-2-3-8-4-6-13(7-5-8)9(10)12-11/h8H,2-7,11H2,1H3,(H2,10,12). The largest absolute Gasteiger partial charge is 0.368 e. The Bertz CT molecular complexity index is 170. The minimum atomic E-state index is 0.481. The van der Waals surface area contributed by atoms with Crippen molar-refractivity contribution in [2.45, 2.75) is 32.6 Å². The Balaban J connectivity index is 2.30. The number of nitrogens with two attached hydrogens (primary N) is 2. The van der Waals surface area contributed by atoms with Crippen LogP contribution in [-0.4, -0.2) is 23.9 Å². The van der Waals surface area contributed by atoms with Crippen LogP contribution in [-0.2, 0) is 0 Å². The number of hydrogen-bond donors (Lipinski definition) is 2. The lowest BCUT2D eigenvalue weighted by Crippen LogP contribution is -2.43. The molecule has 4 nitrogen and oxygen atoms in total. The van der Waals surface area contributed by atoms with Crippen molar-refractivity contribution in [1.29, 1.82) is 0 Å². The molecule has 1 fully saturated rings. The van der Waals surface area contributed by atoms with E-state index in [0.717, 1.165) is 19.0 Å². The van der Waals surface area contributed by atoms with Crippen LogP contribution in [0.5, 0.6) is 0 Å². The number of likely N-dealkylation sites (tertiary alicyclic amines) is 1. The molecule has 0 aromatic carbocycles. The van der Waals surface area contributed by atoms with Gasteiger partial charge in [0, 0.05) is 13.1 Å². The molecule has 1 rings (SSSR count). The first-order valence-corrected chi connectivity index (χ1v) is 5.06. The first-order valence-electron chi connectivity index (χ1n) is 5.06. The van der Waals surface area contributed by atoms with Crippen molar-refractivity contribution in [2.75, 3.05) is 13.1 Å². The summed E-state index contributed by atoms with van der Waals surface area (Å²) in [6, 6.07) is 0. The van der Waals surface area contributed by atoms with E-state index in [4.69, 9.17) is 11.6 Å². The average Bonchev–Trinajstić information content (AvgIpc) is 2.18. The molecule has 0 aromatic rings. The maximum atomic E-state index is 5.62. The van der Waals surface area contributed by atoms with Gasteiger partial charge in [-0.05, 0) is 18.8 Å². The van der Waals surface area contributed by atoms with Crippen molar-refractivity contribution in [3.8, 4) is 0 Å². The molecule has 0 bridgehead atoms. The van der Waals surface area contributed by atoms with E-state index in [1.807, 2.05) is 0 Å². The fourth-order valence-corrected chi connectivity index (χ4v) is 1.94. The van der Waals surface area contributed by atoms with E-state index in [1.54, 1.807) is 0 Å². The van der Waals surface area contributed by atoms with Crippen molar-refractivity contribution in [2.24, 2.45) is 22.6 Å². The third kappa shape index (κ3) is 2.79. The van der Waals surface area contributed by atoms with Crippen molar-refractivity contribution >= 4 is 5.96 Å². The first-order chi connectivity index (χ1) is 6.27. The Labute approximate surface area is 80.0 Å². The zero-order chi connectivity index (χ0) is 9.68. The Morgan fingerprint density at radius 3 is 2.54 bits per heavy atom. The molecule has 4 N–H and O–H groups in total. The van der Waals surface area contributed by atoms with Crippen LogP contribution in [0.1, 0.15) is 32.6 Å². The molecular weight excluding hydrogens is 164 g/mol. The SMILES string of the molecule is CCCC1CCN(C(N)=NN)CC1. The van der Waals surface area contributed by atoms with Crippen molar-refractivity contribution in [1.82, 2.24) is 4.90 Å². The van der Waals surface area contributed by atoms with Crippen LogP contribution in [0.4, 0.5) is 0 Å². The monoisotopic (exact) mass is 184 g/mol. The zero-order valence-corrected chi connectivity index (χ0v) is 8.37. The van der Waals surface area contributed by atoms with Crippen LogP contribution >= 0.6 is 0 Å². The summed E-state index contributed by atoms with van der Waals surface area (Å²) in [5.74, 6) is 6.48. The molecule has 13 heavy (non-hydrogen) atoms. The van der Waals surface area contributed by atoms with Gasteiger partial charge in [0.25, 0.3) is 0 Å². The summed E-state index contributed by atoms with van der Waals surface area (Å²) in [6.07, 6.45) is 5.08. The maximum absolute atomic E-state index is 5.62. The lowest BCUT2D eigenvalue weighted by atomic mass is 9.93. The third-order valence-corrected chi connectivity index (χ3v) is 2.77. The summed E-state index contributed by atoms with van der Waals surface area (Å²) >= 11 is 0. The molecule has 0 unspecified atom stereocenters. The van der Waals surface area contributed by atoms with E-state index >= 15 is 0 Å². The second-order valence-corrected chi connectivity index (χ2v) is 3.71. The topological polar surface area (TPSA) is 67.6 Å². The lowest BCUT2D eigenvalue weighted by Gasteiger charge is -2.32. The third-order valence-electron chi connectivity index (χ3n) is 2.77. The molecule has 1 aliphatic rings. The molecule has 76 valence electrons. The van der Waals surface area contributed by atoms with E-state index in [0.29, 0.717) is 5.96 Å². The molecule has 0 radical (unpaired) electrons. The molecule has 1 saturated heterocycles. The average molecular weight is 184 g/mol. The van der Waals surface area contributed by atoms with Gasteiger partial charge in [0.05, 0.1) is 0 Å².